The Morgan fingerprint density at radius 1 is 1.37 bits per heavy atom. The second-order valence-corrected chi connectivity index (χ2v) is 6.14. The summed E-state index contributed by atoms with van der Waals surface area (Å²) in [5, 5.41) is 13.5. The van der Waals surface area contributed by atoms with Gasteiger partial charge in [-0.25, -0.2) is 8.78 Å². The van der Waals surface area contributed by atoms with Crippen LogP contribution >= 0.6 is 11.8 Å². The average molecular weight is 287 g/mol. The second-order valence-electron chi connectivity index (χ2n) is 4.99. The van der Waals surface area contributed by atoms with Gasteiger partial charge >= 0.3 is 0 Å². The van der Waals surface area contributed by atoms with Crippen LogP contribution in [0, 0.1) is 11.6 Å². The van der Waals surface area contributed by atoms with Gasteiger partial charge in [-0.2, -0.15) is 11.8 Å². The highest BCUT2D eigenvalue weighted by atomic mass is 32.2. The molecule has 1 heterocycles. The Balaban J connectivity index is 1.97. The van der Waals surface area contributed by atoms with Crippen LogP contribution < -0.4 is 5.32 Å². The van der Waals surface area contributed by atoms with Crippen LogP contribution in [-0.4, -0.2) is 28.7 Å². The normalized spacial score (nSPS) is 23.1. The molecule has 19 heavy (non-hydrogen) atoms. The molecule has 1 aromatic carbocycles. The lowest BCUT2D eigenvalue weighted by Crippen LogP contribution is -2.42. The summed E-state index contributed by atoms with van der Waals surface area (Å²) in [6, 6.07) is 3.74. The fourth-order valence-electron chi connectivity index (χ4n) is 2.32. The molecular formula is C14H19F2NOS. The summed E-state index contributed by atoms with van der Waals surface area (Å²) in [7, 11) is 0. The molecule has 3 atom stereocenters. The molecule has 0 aliphatic carbocycles. The minimum Gasteiger partial charge on any atom is -0.387 e. The molecule has 2 N–H and O–H groups in total. The van der Waals surface area contributed by atoms with Crippen molar-refractivity contribution in [3.05, 3.63) is 35.4 Å². The van der Waals surface area contributed by atoms with Gasteiger partial charge in [-0.15, -0.1) is 0 Å². The number of aliphatic hydroxyl groups excluding tert-OH is 1. The molecule has 0 unspecified atom stereocenters. The third-order valence-electron chi connectivity index (χ3n) is 3.42. The SMILES string of the molecule is C[C@H](N[C@@H]1CCCSC1)[C@@H](O)c1ccc(F)c(F)c1. The van der Waals surface area contributed by atoms with Crippen molar-refractivity contribution in [2.24, 2.45) is 0 Å². The Kier molecular flexibility index (Phi) is 5.19. The van der Waals surface area contributed by atoms with Gasteiger partial charge in [0, 0.05) is 17.8 Å². The smallest absolute Gasteiger partial charge is 0.159 e. The zero-order valence-electron chi connectivity index (χ0n) is 10.9. The fourth-order valence-corrected chi connectivity index (χ4v) is 3.40. The minimum absolute atomic E-state index is 0.187. The third-order valence-corrected chi connectivity index (χ3v) is 4.63. The van der Waals surface area contributed by atoms with Crippen molar-refractivity contribution in [2.45, 2.75) is 38.0 Å². The van der Waals surface area contributed by atoms with Crippen LogP contribution in [0.1, 0.15) is 31.4 Å². The Morgan fingerprint density at radius 3 is 2.79 bits per heavy atom. The third kappa shape index (κ3) is 3.91. The molecule has 0 saturated carbocycles. The van der Waals surface area contributed by atoms with Crippen molar-refractivity contribution < 1.29 is 13.9 Å². The maximum atomic E-state index is 13.2. The molecule has 1 saturated heterocycles. The van der Waals surface area contributed by atoms with Crippen LogP contribution in [0.15, 0.2) is 18.2 Å². The van der Waals surface area contributed by atoms with Crippen molar-refractivity contribution in [3.8, 4) is 0 Å². The quantitative estimate of drug-likeness (QED) is 0.893. The Labute approximate surface area is 116 Å². The number of hydrogen-bond donors (Lipinski definition) is 2. The van der Waals surface area contributed by atoms with Crippen LogP contribution in [0.3, 0.4) is 0 Å². The number of nitrogens with one attached hydrogen (secondary N) is 1. The summed E-state index contributed by atoms with van der Waals surface area (Å²) in [5.41, 5.74) is 0.405. The molecule has 0 spiro atoms. The van der Waals surface area contributed by atoms with Gasteiger partial charge in [0.25, 0.3) is 0 Å². The second kappa shape index (κ2) is 6.68. The van der Waals surface area contributed by atoms with Crippen molar-refractivity contribution in [1.82, 2.24) is 5.32 Å². The van der Waals surface area contributed by atoms with Gasteiger partial charge in [-0.3, -0.25) is 0 Å². The number of benzene rings is 1. The lowest BCUT2D eigenvalue weighted by atomic mass is 10.0. The number of thioether (sulfide) groups is 1. The molecule has 2 rings (SSSR count). The molecule has 0 aromatic heterocycles. The van der Waals surface area contributed by atoms with Gasteiger partial charge in [-0.05, 0) is 43.2 Å². The van der Waals surface area contributed by atoms with Crippen LogP contribution in [0.5, 0.6) is 0 Å². The first-order valence-electron chi connectivity index (χ1n) is 6.54. The molecule has 0 bridgehead atoms. The Hall–Kier alpha value is -0.650. The molecular weight excluding hydrogens is 268 g/mol. The minimum atomic E-state index is -0.919. The van der Waals surface area contributed by atoms with Crippen LogP contribution in [0.25, 0.3) is 0 Å². The van der Waals surface area contributed by atoms with E-state index in [0.717, 1.165) is 24.3 Å². The molecule has 1 aliphatic heterocycles. The first-order valence-corrected chi connectivity index (χ1v) is 7.70. The topological polar surface area (TPSA) is 32.3 Å². The largest absolute Gasteiger partial charge is 0.387 e. The van der Waals surface area contributed by atoms with Crippen LogP contribution in [-0.2, 0) is 0 Å². The van der Waals surface area contributed by atoms with E-state index in [1.54, 1.807) is 0 Å². The first-order chi connectivity index (χ1) is 9.08. The van der Waals surface area contributed by atoms with Crippen molar-refractivity contribution in [3.63, 3.8) is 0 Å². The maximum Gasteiger partial charge on any atom is 0.159 e. The van der Waals surface area contributed by atoms with E-state index in [2.05, 4.69) is 5.32 Å². The van der Waals surface area contributed by atoms with Gasteiger partial charge in [0.2, 0.25) is 0 Å². The summed E-state index contributed by atoms with van der Waals surface area (Å²) in [6.07, 6.45) is 1.44. The Bertz CT molecular complexity index is 424. The zero-order valence-corrected chi connectivity index (χ0v) is 11.7. The highest BCUT2D eigenvalue weighted by molar-refractivity contribution is 7.99. The fraction of sp³-hybridized carbons (Fsp3) is 0.571. The van der Waals surface area contributed by atoms with Crippen LogP contribution in [0.4, 0.5) is 8.78 Å². The van der Waals surface area contributed by atoms with Gasteiger partial charge in [-0.1, -0.05) is 6.07 Å². The van der Waals surface area contributed by atoms with E-state index in [1.807, 2.05) is 18.7 Å². The summed E-state index contributed by atoms with van der Waals surface area (Å²) in [5.74, 6) is 0.421. The number of rotatable bonds is 4. The summed E-state index contributed by atoms with van der Waals surface area (Å²) < 4.78 is 26.0. The highest BCUT2D eigenvalue weighted by Crippen LogP contribution is 2.22. The lowest BCUT2D eigenvalue weighted by Gasteiger charge is -2.29. The zero-order chi connectivity index (χ0) is 13.8. The highest BCUT2D eigenvalue weighted by Gasteiger charge is 2.22. The standard InChI is InChI=1S/C14H19F2NOS/c1-9(17-11-3-2-6-19-8-11)14(18)10-4-5-12(15)13(16)7-10/h4-5,7,9,11,14,17-18H,2-3,6,8H2,1H3/t9-,11+,14+/m0/s1. The molecule has 1 aliphatic rings. The summed E-state index contributed by atoms with van der Waals surface area (Å²) >= 11 is 1.90. The van der Waals surface area contributed by atoms with Crippen molar-refractivity contribution >= 4 is 11.8 Å². The molecule has 5 heteroatoms. The van der Waals surface area contributed by atoms with E-state index in [-0.39, 0.29) is 6.04 Å². The van der Waals surface area contributed by atoms with E-state index in [4.69, 9.17) is 0 Å². The molecule has 2 nitrogen and oxygen atoms in total. The predicted molar refractivity (Wildman–Crippen MR) is 74.3 cm³/mol. The monoisotopic (exact) mass is 287 g/mol. The van der Waals surface area contributed by atoms with E-state index in [1.165, 1.54) is 18.2 Å². The lowest BCUT2D eigenvalue weighted by molar-refractivity contribution is 0.129. The molecule has 0 radical (unpaired) electrons. The summed E-state index contributed by atoms with van der Waals surface area (Å²) in [4.78, 5) is 0. The van der Waals surface area contributed by atoms with Crippen molar-refractivity contribution in [1.29, 1.82) is 0 Å². The van der Waals surface area contributed by atoms with Gasteiger partial charge < -0.3 is 10.4 Å². The maximum absolute atomic E-state index is 13.2. The summed E-state index contributed by atoms with van der Waals surface area (Å²) in [6.45, 7) is 1.87. The molecule has 1 fully saturated rings. The van der Waals surface area contributed by atoms with E-state index < -0.39 is 17.7 Å². The van der Waals surface area contributed by atoms with Gasteiger partial charge in [0.1, 0.15) is 0 Å². The predicted octanol–water partition coefficient (Wildman–Crippen LogP) is 2.87. The number of hydrogen-bond acceptors (Lipinski definition) is 3. The van der Waals surface area contributed by atoms with Crippen LogP contribution in [0.2, 0.25) is 0 Å². The van der Waals surface area contributed by atoms with Gasteiger partial charge in [0.15, 0.2) is 11.6 Å². The average Bonchev–Trinajstić information content (AvgIpc) is 2.42. The van der Waals surface area contributed by atoms with E-state index in [9.17, 15) is 13.9 Å². The number of aliphatic hydroxyl groups is 1. The molecule has 106 valence electrons. The Morgan fingerprint density at radius 2 is 2.16 bits per heavy atom. The van der Waals surface area contributed by atoms with Gasteiger partial charge in [0.05, 0.1) is 6.10 Å². The first kappa shape index (κ1) is 14.8. The van der Waals surface area contributed by atoms with E-state index >= 15 is 0 Å². The van der Waals surface area contributed by atoms with Crippen molar-refractivity contribution in [2.75, 3.05) is 11.5 Å². The molecule has 0 amide bonds. The van der Waals surface area contributed by atoms with E-state index in [0.29, 0.717) is 11.6 Å². The number of halogens is 2. The molecule has 1 aromatic rings.